The molecule has 0 spiro atoms. The number of Topliss-reactive ketones (excluding diaryl/α,β-unsaturated/α-hetero) is 1. The van der Waals surface area contributed by atoms with Crippen molar-refractivity contribution in [3.05, 3.63) is 21.3 Å². The van der Waals surface area contributed by atoms with E-state index in [4.69, 9.17) is 11.6 Å². The van der Waals surface area contributed by atoms with Gasteiger partial charge in [0, 0.05) is 44.9 Å². The van der Waals surface area contributed by atoms with E-state index in [0.717, 1.165) is 38.8 Å². The van der Waals surface area contributed by atoms with Crippen molar-refractivity contribution < 1.29 is 14.4 Å². The second kappa shape index (κ2) is 8.32. The molecule has 2 saturated heterocycles. The number of hydrogen-bond acceptors (Lipinski definition) is 4. The Morgan fingerprint density at radius 2 is 1.68 bits per heavy atom. The number of piperidine rings is 1. The third kappa shape index (κ3) is 4.61. The van der Waals surface area contributed by atoms with Crippen molar-refractivity contribution in [1.82, 2.24) is 9.80 Å². The molecule has 0 N–H and O–H groups in total. The zero-order valence-electron chi connectivity index (χ0n) is 14.2. The molecule has 0 aliphatic carbocycles. The van der Waals surface area contributed by atoms with Crippen molar-refractivity contribution in [2.75, 3.05) is 26.2 Å². The fourth-order valence-corrected chi connectivity index (χ4v) is 4.55. The quantitative estimate of drug-likeness (QED) is 0.734. The maximum atomic E-state index is 12.4. The van der Waals surface area contributed by atoms with Crippen LogP contribution in [0.4, 0.5) is 0 Å². The van der Waals surface area contributed by atoms with Crippen molar-refractivity contribution in [2.45, 2.75) is 38.5 Å². The van der Waals surface area contributed by atoms with Crippen LogP contribution >= 0.6 is 22.9 Å². The Hall–Kier alpha value is -1.40. The third-order valence-corrected chi connectivity index (χ3v) is 6.30. The standard InChI is InChI=1S/C18H23ClN2O3S/c19-16-5-4-15(25-16)14(22)3-6-17(23)20-11-7-13(8-12-20)18(24)21-9-1-2-10-21/h4-5,13H,1-3,6-12H2. The predicted octanol–water partition coefficient (Wildman–Crippen LogP) is 3.23. The number of halogens is 1. The Kier molecular flexibility index (Phi) is 6.12. The normalized spacial score (nSPS) is 18.6. The molecule has 0 bridgehead atoms. The average Bonchev–Trinajstić information content (AvgIpc) is 3.30. The minimum Gasteiger partial charge on any atom is -0.343 e. The molecule has 5 nitrogen and oxygen atoms in total. The SMILES string of the molecule is O=C(CCC(=O)N1CCC(C(=O)N2CCCC2)CC1)c1ccc(Cl)s1. The number of likely N-dealkylation sites (tertiary alicyclic amines) is 2. The lowest BCUT2D eigenvalue weighted by molar-refractivity contribution is -0.140. The van der Waals surface area contributed by atoms with Crippen LogP contribution in [0.15, 0.2) is 12.1 Å². The summed E-state index contributed by atoms with van der Waals surface area (Å²) in [5.41, 5.74) is 0. The first-order valence-corrected chi connectivity index (χ1v) is 10.1. The zero-order chi connectivity index (χ0) is 17.8. The first-order chi connectivity index (χ1) is 12.0. The average molecular weight is 383 g/mol. The Bertz CT molecular complexity index is 647. The summed E-state index contributed by atoms with van der Waals surface area (Å²) in [6.45, 7) is 2.99. The van der Waals surface area contributed by atoms with E-state index < -0.39 is 0 Å². The summed E-state index contributed by atoms with van der Waals surface area (Å²) >= 11 is 7.08. The highest BCUT2D eigenvalue weighted by Crippen LogP contribution is 2.24. The van der Waals surface area contributed by atoms with Gasteiger partial charge in [-0.2, -0.15) is 0 Å². The molecule has 2 fully saturated rings. The van der Waals surface area contributed by atoms with Crippen LogP contribution in [0.1, 0.15) is 48.2 Å². The summed E-state index contributed by atoms with van der Waals surface area (Å²) in [5, 5.41) is 0. The molecule has 7 heteroatoms. The molecule has 0 aromatic carbocycles. The molecule has 0 radical (unpaired) electrons. The fraction of sp³-hybridized carbons (Fsp3) is 0.611. The number of nitrogens with zero attached hydrogens (tertiary/aromatic N) is 2. The highest BCUT2D eigenvalue weighted by atomic mass is 35.5. The summed E-state index contributed by atoms with van der Waals surface area (Å²) in [7, 11) is 0. The number of thiophene rings is 1. The molecule has 0 saturated carbocycles. The van der Waals surface area contributed by atoms with Crippen LogP contribution in [0.3, 0.4) is 0 Å². The van der Waals surface area contributed by atoms with E-state index in [1.807, 2.05) is 4.90 Å². The van der Waals surface area contributed by atoms with Crippen LogP contribution in [0.2, 0.25) is 4.34 Å². The zero-order valence-corrected chi connectivity index (χ0v) is 15.8. The number of carbonyl (C=O) groups is 3. The summed E-state index contributed by atoms with van der Waals surface area (Å²) < 4.78 is 0.583. The second-order valence-electron chi connectivity index (χ2n) is 6.71. The van der Waals surface area contributed by atoms with Crippen LogP contribution in [0, 0.1) is 5.92 Å². The number of amides is 2. The van der Waals surface area contributed by atoms with Gasteiger partial charge in [0.05, 0.1) is 9.21 Å². The van der Waals surface area contributed by atoms with Crippen LogP contribution in [0.25, 0.3) is 0 Å². The lowest BCUT2D eigenvalue weighted by Gasteiger charge is -2.33. The largest absolute Gasteiger partial charge is 0.343 e. The first kappa shape index (κ1) is 18.4. The molecule has 25 heavy (non-hydrogen) atoms. The van der Waals surface area contributed by atoms with Gasteiger partial charge in [-0.1, -0.05) is 11.6 Å². The Labute approximate surface area is 156 Å². The summed E-state index contributed by atoms with van der Waals surface area (Å²) in [4.78, 5) is 41.2. The molecule has 0 atom stereocenters. The van der Waals surface area contributed by atoms with Gasteiger partial charge >= 0.3 is 0 Å². The summed E-state index contributed by atoms with van der Waals surface area (Å²) in [6.07, 6.45) is 4.10. The number of hydrogen-bond donors (Lipinski definition) is 0. The van der Waals surface area contributed by atoms with Gasteiger partial charge in [-0.25, -0.2) is 0 Å². The molecular formula is C18H23ClN2O3S. The van der Waals surface area contributed by atoms with Crippen LogP contribution in [0.5, 0.6) is 0 Å². The van der Waals surface area contributed by atoms with Crippen molar-refractivity contribution >= 4 is 40.5 Å². The van der Waals surface area contributed by atoms with Crippen molar-refractivity contribution in [1.29, 1.82) is 0 Å². The molecule has 2 amide bonds. The van der Waals surface area contributed by atoms with Crippen LogP contribution < -0.4 is 0 Å². The van der Waals surface area contributed by atoms with Crippen LogP contribution in [-0.2, 0) is 9.59 Å². The van der Waals surface area contributed by atoms with Crippen molar-refractivity contribution in [3.8, 4) is 0 Å². The smallest absolute Gasteiger partial charge is 0.225 e. The molecular weight excluding hydrogens is 360 g/mol. The molecule has 3 rings (SSSR count). The lowest BCUT2D eigenvalue weighted by Crippen LogP contribution is -2.43. The van der Waals surface area contributed by atoms with E-state index in [1.54, 1.807) is 17.0 Å². The highest BCUT2D eigenvalue weighted by Gasteiger charge is 2.31. The summed E-state index contributed by atoms with van der Waals surface area (Å²) in [6, 6.07) is 3.40. The molecule has 2 aliphatic heterocycles. The highest BCUT2D eigenvalue weighted by molar-refractivity contribution is 7.18. The number of carbonyl (C=O) groups excluding carboxylic acids is 3. The maximum absolute atomic E-state index is 12.4. The van der Waals surface area contributed by atoms with Crippen molar-refractivity contribution in [3.63, 3.8) is 0 Å². The van der Waals surface area contributed by atoms with E-state index in [9.17, 15) is 14.4 Å². The molecule has 1 aromatic heterocycles. The minimum atomic E-state index is -0.0376. The second-order valence-corrected chi connectivity index (χ2v) is 8.43. The van der Waals surface area contributed by atoms with E-state index in [1.165, 1.54) is 11.3 Å². The van der Waals surface area contributed by atoms with Crippen molar-refractivity contribution in [2.24, 2.45) is 5.92 Å². The van der Waals surface area contributed by atoms with Gasteiger partial charge in [0.15, 0.2) is 5.78 Å². The Morgan fingerprint density at radius 1 is 1.00 bits per heavy atom. The van der Waals surface area contributed by atoms with Gasteiger partial charge in [-0.05, 0) is 37.8 Å². The van der Waals surface area contributed by atoms with E-state index in [2.05, 4.69) is 0 Å². The van der Waals surface area contributed by atoms with Gasteiger partial charge in [0.1, 0.15) is 0 Å². The van der Waals surface area contributed by atoms with Crippen LogP contribution in [-0.4, -0.2) is 53.6 Å². The fourth-order valence-electron chi connectivity index (χ4n) is 3.54. The predicted molar refractivity (Wildman–Crippen MR) is 98.0 cm³/mol. The third-order valence-electron chi connectivity index (χ3n) is 5.03. The number of ketones is 1. The molecule has 136 valence electrons. The molecule has 0 unspecified atom stereocenters. The summed E-state index contributed by atoms with van der Waals surface area (Å²) in [5.74, 6) is 0.277. The number of rotatable bonds is 5. The Morgan fingerprint density at radius 3 is 2.28 bits per heavy atom. The molecule has 2 aliphatic rings. The van der Waals surface area contributed by atoms with E-state index >= 15 is 0 Å². The minimum absolute atomic E-state index is 0.00285. The van der Waals surface area contributed by atoms with Gasteiger partial charge < -0.3 is 9.80 Å². The van der Waals surface area contributed by atoms with Gasteiger partial charge in [-0.3, -0.25) is 14.4 Å². The van der Waals surface area contributed by atoms with E-state index in [-0.39, 0.29) is 36.4 Å². The maximum Gasteiger partial charge on any atom is 0.225 e. The first-order valence-electron chi connectivity index (χ1n) is 8.89. The van der Waals surface area contributed by atoms with E-state index in [0.29, 0.717) is 22.3 Å². The van der Waals surface area contributed by atoms with Gasteiger partial charge in [0.2, 0.25) is 11.8 Å². The van der Waals surface area contributed by atoms with Gasteiger partial charge in [-0.15, -0.1) is 11.3 Å². The Balaban J connectivity index is 1.42. The topological polar surface area (TPSA) is 57.7 Å². The molecule has 1 aromatic rings. The monoisotopic (exact) mass is 382 g/mol. The lowest BCUT2D eigenvalue weighted by atomic mass is 9.95. The van der Waals surface area contributed by atoms with Gasteiger partial charge in [0.25, 0.3) is 0 Å². The molecule has 3 heterocycles.